The Morgan fingerprint density at radius 3 is 2.68 bits per heavy atom. The minimum Gasteiger partial charge on any atom is -0.457 e. The monoisotopic (exact) mass is 299 g/mol. The van der Waals surface area contributed by atoms with Crippen molar-refractivity contribution in [2.24, 2.45) is 0 Å². The van der Waals surface area contributed by atoms with Crippen molar-refractivity contribution in [2.45, 2.75) is 13.3 Å². The van der Waals surface area contributed by atoms with Crippen molar-refractivity contribution < 1.29 is 13.5 Å². The highest BCUT2D eigenvalue weighted by Gasteiger charge is 2.09. The Morgan fingerprint density at radius 1 is 1.14 bits per heavy atom. The van der Waals surface area contributed by atoms with E-state index in [4.69, 9.17) is 14.9 Å². The molecule has 0 atom stereocenters. The molecule has 0 fully saturated rings. The molecule has 6 heteroatoms. The molecule has 1 aromatic heterocycles. The van der Waals surface area contributed by atoms with E-state index in [-0.39, 0.29) is 5.69 Å². The van der Waals surface area contributed by atoms with Gasteiger partial charge in [-0.15, -0.1) is 10.2 Å². The highest BCUT2D eigenvalue weighted by molar-refractivity contribution is 5.56. The number of hydrogen-bond donors (Lipinski definition) is 1. The van der Waals surface area contributed by atoms with Gasteiger partial charge in [-0.3, -0.25) is 0 Å². The third-order valence-corrected chi connectivity index (χ3v) is 3.06. The predicted molar refractivity (Wildman–Crippen MR) is 80.0 cm³/mol. The number of halogens is 1. The molecule has 0 bridgehead atoms. The van der Waals surface area contributed by atoms with Gasteiger partial charge in [0.2, 0.25) is 11.8 Å². The molecule has 0 saturated heterocycles. The molecule has 0 aliphatic heterocycles. The lowest BCUT2D eigenvalue weighted by Crippen LogP contribution is -1.91. The summed E-state index contributed by atoms with van der Waals surface area (Å²) in [6, 6.07) is 11.4. The van der Waals surface area contributed by atoms with Crippen molar-refractivity contribution in [1.29, 1.82) is 0 Å². The number of aromatic nitrogens is 2. The Labute approximate surface area is 126 Å². The molecular formula is C16H14FN3O2. The van der Waals surface area contributed by atoms with Crippen molar-refractivity contribution >= 4 is 5.69 Å². The molecule has 0 aliphatic carbocycles. The van der Waals surface area contributed by atoms with Gasteiger partial charge in [-0.1, -0.05) is 13.0 Å². The number of ether oxygens (including phenoxy) is 1. The molecule has 2 aromatic carbocycles. The van der Waals surface area contributed by atoms with Crippen LogP contribution in [0.25, 0.3) is 11.5 Å². The Hall–Kier alpha value is -2.89. The fourth-order valence-corrected chi connectivity index (χ4v) is 1.91. The number of aryl methyl sites for hydroxylation is 1. The summed E-state index contributed by atoms with van der Waals surface area (Å²) in [6.45, 7) is 1.94. The maximum atomic E-state index is 13.4. The molecule has 0 unspecified atom stereocenters. The first kappa shape index (κ1) is 14.1. The lowest BCUT2D eigenvalue weighted by atomic mass is 10.2. The van der Waals surface area contributed by atoms with Crippen LogP contribution in [0.3, 0.4) is 0 Å². The number of anilines is 1. The first-order chi connectivity index (χ1) is 10.7. The summed E-state index contributed by atoms with van der Waals surface area (Å²) in [7, 11) is 0. The summed E-state index contributed by atoms with van der Waals surface area (Å²) in [6.07, 6.45) is 0.675. The number of benzene rings is 2. The third-order valence-electron chi connectivity index (χ3n) is 3.06. The third kappa shape index (κ3) is 2.90. The fraction of sp³-hybridized carbons (Fsp3) is 0.125. The molecule has 2 N–H and O–H groups in total. The van der Waals surface area contributed by atoms with Gasteiger partial charge in [0, 0.05) is 18.1 Å². The van der Waals surface area contributed by atoms with Crippen LogP contribution in [0.4, 0.5) is 10.1 Å². The van der Waals surface area contributed by atoms with E-state index in [1.807, 2.05) is 13.0 Å². The summed E-state index contributed by atoms with van der Waals surface area (Å²) >= 11 is 0. The van der Waals surface area contributed by atoms with Gasteiger partial charge in [0.25, 0.3) is 0 Å². The van der Waals surface area contributed by atoms with Crippen molar-refractivity contribution in [2.75, 3.05) is 5.73 Å². The van der Waals surface area contributed by atoms with Gasteiger partial charge in [0.05, 0.1) is 5.69 Å². The lowest BCUT2D eigenvalue weighted by Gasteiger charge is -2.07. The topological polar surface area (TPSA) is 74.2 Å². The maximum Gasteiger partial charge on any atom is 0.247 e. The normalized spacial score (nSPS) is 10.6. The van der Waals surface area contributed by atoms with Crippen LogP contribution in [0.5, 0.6) is 11.5 Å². The van der Waals surface area contributed by atoms with Crippen LogP contribution in [0, 0.1) is 5.82 Å². The molecule has 112 valence electrons. The highest BCUT2D eigenvalue weighted by atomic mass is 19.1. The Balaban J connectivity index is 1.85. The quantitative estimate of drug-likeness (QED) is 0.741. The smallest absolute Gasteiger partial charge is 0.247 e. The van der Waals surface area contributed by atoms with Gasteiger partial charge in [-0.25, -0.2) is 4.39 Å². The molecule has 1 heterocycles. The van der Waals surface area contributed by atoms with Gasteiger partial charge in [-0.05, 0) is 30.3 Å². The summed E-state index contributed by atoms with van der Waals surface area (Å²) in [5.74, 6) is 1.38. The molecule has 3 rings (SSSR count). The number of nitrogens with zero attached hydrogens (tertiary/aromatic N) is 2. The standard InChI is InChI=1S/C16H14FN3O2/c1-2-15-19-20-16(22-15)10-4-3-5-11(8-10)21-12-6-7-14(18)13(17)9-12/h3-9H,2,18H2,1H3. The van der Waals surface area contributed by atoms with Gasteiger partial charge in [0.15, 0.2) is 0 Å². The zero-order chi connectivity index (χ0) is 15.5. The largest absolute Gasteiger partial charge is 0.457 e. The van der Waals surface area contributed by atoms with E-state index in [0.29, 0.717) is 29.7 Å². The Bertz CT molecular complexity index is 802. The van der Waals surface area contributed by atoms with E-state index in [1.165, 1.54) is 12.1 Å². The van der Waals surface area contributed by atoms with Gasteiger partial charge in [0.1, 0.15) is 17.3 Å². The molecule has 0 spiro atoms. The Morgan fingerprint density at radius 2 is 1.95 bits per heavy atom. The first-order valence-corrected chi connectivity index (χ1v) is 6.81. The van der Waals surface area contributed by atoms with E-state index >= 15 is 0 Å². The van der Waals surface area contributed by atoms with E-state index < -0.39 is 5.82 Å². The van der Waals surface area contributed by atoms with Crippen LogP contribution in [-0.2, 0) is 6.42 Å². The Kier molecular flexibility index (Phi) is 3.74. The van der Waals surface area contributed by atoms with Gasteiger partial charge >= 0.3 is 0 Å². The van der Waals surface area contributed by atoms with Gasteiger partial charge in [-0.2, -0.15) is 0 Å². The van der Waals surface area contributed by atoms with Crippen LogP contribution in [0.2, 0.25) is 0 Å². The lowest BCUT2D eigenvalue weighted by molar-refractivity contribution is 0.476. The molecule has 0 amide bonds. The summed E-state index contributed by atoms with van der Waals surface area (Å²) in [5.41, 5.74) is 6.26. The number of nitrogens with two attached hydrogens (primary N) is 1. The first-order valence-electron chi connectivity index (χ1n) is 6.81. The van der Waals surface area contributed by atoms with Crippen LogP contribution in [0.15, 0.2) is 46.9 Å². The molecule has 22 heavy (non-hydrogen) atoms. The summed E-state index contributed by atoms with van der Waals surface area (Å²) in [4.78, 5) is 0. The second kappa shape index (κ2) is 5.85. The number of hydrogen-bond acceptors (Lipinski definition) is 5. The highest BCUT2D eigenvalue weighted by Crippen LogP contribution is 2.28. The van der Waals surface area contributed by atoms with Crippen molar-refractivity contribution in [1.82, 2.24) is 10.2 Å². The zero-order valence-corrected chi connectivity index (χ0v) is 11.9. The van der Waals surface area contributed by atoms with E-state index in [0.717, 1.165) is 5.56 Å². The summed E-state index contributed by atoms with van der Waals surface area (Å²) < 4.78 is 24.6. The summed E-state index contributed by atoms with van der Waals surface area (Å²) in [5, 5.41) is 7.91. The van der Waals surface area contributed by atoms with Crippen LogP contribution in [-0.4, -0.2) is 10.2 Å². The maximum absolute atomic E-state index is 13.4. The van der Waals surface area contributed by atoms with Crippen LogP contribution >= 0.6 is 0 Å². The average Bonchev–Trinajstić information content (AvgIpc) is 3.00. The van der Waals surface area contributed by atoms with Crippen LogP contribution < -0.4 is 10.5 Å². The van der Waals surface area contributed by atoms with Gasteiger partial charge < -0.3 is 14.9 Å². The second-order valence-corrected chi connectivity index (χ2v) is 4.67. The van der Waals surface area contributed by atoms with Crippen molar-refractivity contribution in [3.05, 3.63) is 54.2 Å². The minimum atomic E-state index is -0.516. The molecule has 5 nitrogen and oxygen atoms in total. The van der Waals surface area contributed by atoms with Crippen molar-refractivity contribution in [3.8, 4) is 23.0 Å². The molecule has 0 radical (unpaired) electrons. The van der Waals surface area contributed by atoms with E-state index in [9.17, 15) is 4.39 Å². The number of rotatable bonds is 4. The predicted octanol–water partition coefficient (Wildman–Crippen LogP) is 3.81. The molecule has 3 aromatic rings. The van der Waals surface area contributed by atoms with Crippen molar-refractivity contribution in [3.63, 3.8) is 0 Å². The average molecular weight is 299 g/mol. The zero-order valence-electron chi connectivity index (χ0n) is 11.9. The second-order valence-electron chi connectivity index (χ2n) is 4.67. The number of nitrogen functional groups attached to an aromatic ring is 1. The van der Waals surface area contributed by atoms with Crippen LogP contribution in [0.1, 0.15) is 12.8 Å². The fourth-order valence-electron chi connectivity index (χ4n) is 1.91. The molecule has 0 saturated carbocycles. The van der Waals surface area contributed by atoms with E-state index in [2.05, 4.69) is 10.2 Å². The SMILES string of the molecule is CCc1nnc(-c2cccc(Oc3ccc(N)c(F)c3)c2)o1. The molecular weight excluding hydrogens is 285 g/mol. The van der Waals surface area contributed by atoms with E-state index in [1.54, 1.807) is 24.3 Å². The molecule has 0 aliphatic rings. The minimum absolute atomic E-state index is 0.0825.